The van der Waals surface area contributed by atoms with Gasteiger partial charge in [-0.3, -0.25) is 53.2 Å². The molecule has 0 spiro atoms. The predicted molar refractivity (Wildman–Crippen MR) is 220 cm³/mol. The molecule has 1 aromatic carbocycles. The van der Waals surface area contributed by atoms with E-state index in [4.69, 9.17) is 24.4 Å². The van der Waals surface area contributed by atoms with Gasteiger partial charge in [-0.05, 0) is 36.6 Å². The van der Waals surface area contributed by atoms with Crippen molar-refractivity contribution >= 4 is 51.7 Å². The van der Waals surface area contributed by atoms with Gasteiger partial charge in [0.15, 0.2) is 18.7 Å². The number of thioether (sulfide) groups is 1. The lowest BCUT2D eigenvalue weighted by Gasteiger charge is -2.17. The van der Waals surface area contributed by atoms with E-state index in [2.05, 4.69) is 27.6 Å². The molecule has 0 unspecified atom stereocenters. The Morgan fingerprint density at radius 2 is 1.05 bits per heavy atom. The minimum atomic E-state index is -0.771. The van der Waals surface area contributed by atoms with Crippen molar-refractivity contribution in [2.75, 3.05) is 26.1 Å². The molecule has 0 fully saturated rings. The number of hydrogen-bond donors (Lipinski definition) is 7. The summed E-state index contributed by atoms with van der Waals surface area (Å²) in [4.78, 5) is 87.6. The minimum absolute atomic E-state index is 0.000721. The third kappa shape index (κ3) is 11.6. The molecule has 3 aliphatic heterocycles. The van der Waals surface area contributed by atoms with E-state index in [1.165, 1.54) is 96.0 Å². The number of nitrogens with zero attached hydrogens (tertiary/aromatic N) is 4. The van der Waals surface area contributed by atoms with E-state index in [9.17, 15) is 44.0 Å². The number of nitrogens with one attached hydrogen (secondary N) is 3. The molecule has 59 heavy (non-hydrogen) atoms. The lowest BCUT2D eigenvalue weighted by molar-refractivity contribution is -0.384. The van der Waals surface area contributed by atoms with Crippen molar-refractivity contribution in [2.45, 2.75) is 41.9 Å². The first-order valence-corrected chi connectivity index (χ1v) is 20.8. The van der Waals surface area contributed by atoms with Crippen LogP contribution >= 0.6 is 46.0 Å². The van der Waals surface area contributed by atoms with Crippen LogP contribution in [0, 0.1) is 10.1 Å². The number of aliphatic hydroxyl groups is 3. The first-order chi connectivity index (χ1) is 28.2. The van der Waals surface area contributed by atoms with Crippen LogP contribution in [0.15, 0.2) is 128 Å². The number of rotatable bonds is 11. The molecule has 0 saturated heterocycles. The summed E-state index contributed by atoms with van der Waals surface area (Å²) in [5.74, 6) is 0. The number of ether oxygens (including phenoxy) is 3. The van der Waals surface area contributed by atoms with Gasteiger partial charge >= 0.3 is 17.1 Å². The van der Waals surface area contributed by atoms with E-state index >= 15 is 0 Å². The zero-order valence-electron chi connectivity index (χ0n) is 30.4. The molecule has 0 saturated carbocycles. The molecule has 6 heterocycles. The summed E-state index contributed by atoms with van der Waals surface area (Å²) < 4.78 is 20.2. The van der Waals surface area contributed by atoms with Gasteiger partial charge in [0, 0.05) is 68.5 Å². The SMILES string of the molecule is CSC1=C[C@@H](CO)O[C@H]1n1ccc(=O)[nH]c1=O.O=c1ccn([C@@H]2O[C@H](CO)C=C2S)c(=O)[nH]1.O=c1ccn([C@@H]2O[C@H](CO)C=C2SSc2ccc([N+](=O)[O-])cc2)c(=O)[nH]1. The molecule has 6 N–H and O–H groups in total. The number of thiol groups is 1. The van der Waals surface area contributed by atoms with Crippen LogP contribution in [0.2, 0.25) is 0 Å². The molecule has 0 aliphatic carbocycles. The Hall–Kier alpha value is -4.96. The maximum Gasteiger partial charge on any atom is 0.330 e. The third-order valence-corrected chi connectivity index (χ3v) is 11.7. The second-order valence-corrected chi connectivity index (χ2v) is 15.7. The normalized spacial score (nSPS) is 22.0. The van der Waals surface area contributed by atoms with Crippen LogP contribution in [0.5, 0.6) is 0 Å². The largest absolute Gasteiger partial charge is 0.393 e. The average Bonchev–Trinajstić information content (AvgIpc) is 3.94. The molecule has 3 aromatic heterocycles. The van der Waals surface area contributed by atoms with Crippen molar-refractivity contribution in [2.24, 2.45) is 0 Å². The van der Waals surface area contributed by atoms with E-state index in [-0.39, 0.29) is 25.5 Å². The molecule has 0 bridgehead atoms. The fourth-order valence-corrected chi connectivity index (χ4v) is 8.55. The van der Waals surface area contributed by atoms with Gasteiger partial charge in [0.05, 0.1) is 24.7 Å². The number of aliphatic hydroxyl groups excluding tert-OH is 3. The van der Waals surface area contributed by atoms with Gasteiger partial charge in [0.2, 0.25) is 0 Å². The fourth-order valence-electron chi connectivity index (χ4n) is 5.32. The van der Waals surface area contributed by atoms with Crippen molar-refractivity contribution in [3.63, 3.8) is 0 Å². The van der Waals surface area contributed by atoms with Crippen LogP contribution in [-0.2, 0) is 14.2 Å². The second kappa shape index (κ2) is 20.8. The fraction of sp³-hybridized carbons (Fsp3) is 0.294. The molecule has 4 aromatic rings. The summed E-state index contributed by atoms with van der Waals surface area (Å²) in [5.41, 5.74) is -3.15. The van der Waals surface area contributed by atoms with E-state index in [0.717, 1.165) is 9.80 Å². The number of H-pyrrole nitrogens is 3. The molecule has 25 heteroatoms. The summed E-state index contributed by atoms with van der Waals surface area (Å²) in [5, 5.41) is 38.0. The molecule has 21 nitrogen and oxygen atoms in total. The highest BCUT2D eigenvalue weighted by atomic mass is 33.1. The van der Waals surface area contributed by atoms with Gasteiger partial charge in [-0.15, -0.1) is 24.4 Å². The molecule has 0 amide bonds. The van der Waals surface area contributed by atoms with Gasteiger partial charge in [-0.25, -0.2) is 14.4 Å². The van der Waals surface area contributed by atoms with Gasteiger partial charge < -0.3 is 29.5 Å². The average molecular weight is 894 g/mol. The van der Waals surface area contributed by atoms with E-state index in [0.29, 0.717) is 9.81 Å². The maximum atomic E-state index is 12.0. The standard InChI is InChI=1S/C15H13N3O6S2.C10H12N2O4S.C9H10N2O4S/c19-8-10-7-12(14(24-10)17-6-5-13(20)16-15(17)21)26-25-11-3-1-9(2-4-11)18(22)23;1-17-7-4-6(5-13)16-9(7)12-3-2-8(14)11-10(12)15;12-4-5-3-6(16)8(15-5)11-2-1-7(13)10-9(11)14/h1-7,10,14,19H,8H2,(H,16,20,21);2-4,6,9,13H,5H2,1H3,(H,11,14,15);1-3,5,8,12,16H,4H2,(H,10,13,14)/t10-,14+;6-,9+;5-,8+/m000/s1. The lowest BCUT2D eigenvalue weighted by atomic mass is 10.3. The number of nitro benzene ring substituents is 1. The Labute approximate surface area is 348 Å². The van der Waals surface area contributed by atoms with Crippen LogP contribution in [0.25, 0.3) is 0 Å². The Morgan fingerprint density at radius 3 is 1.46 bits per heavy atom. The lowest BCUT2D eigenvalue weighted by Crippen LogP contribution is -2.32. The van der Waals surface area contributed by atoms with E-state index < -0.39 is 75.7 Å². The number of hydrogen-bond acceptors (Lipinski definition) is 18. The Morgan fingerprint density at radius 1 is 0.644 bits per heavy atom. The first-order valence-electron chi connectivity index (χ1n) is 17.0. The van der Waals surface area contributed by atoms with Gasteiger partial charge in [-0.1, -0.05) is 21.6 Å². The van der Waals surface area contributed by atoms with Crippen LogP contribution in [0.3, 0.4) is 0 Å². The second-order valence-electron chi connectivity index (χ2n) is 12.0. The highest BCUT2D eigenvalue weighted by molar-refractivity contribution is 8.78. The Balaban J connectivity index is 0.000000176. The molecule has 0 radical (unpaired) electrons. The van der Waals surface area contributed by atoms with Crippen molar-refractivity contribution in [1.29, 1.82) is 0 Å². The minimum Gasteiger partial charge on any atom is -0.393 e. The van der Waals surface area contributed by atoms with Crippen molar-refractivity contribution in [3.05, 3.63) is 167 Å². The molecular formula is C34H35N7O14S4. The molecule has 7 rings (SSSR count). The molecule has 6 atom stereocenters. The van der Waals surface area contributed by atoms with Gasteiger partial charge in [0.1, 0.15) is 18.3 Å². The Bertz CT molecular complexity index is 2580. The smallest absolute Gasteiger partial charge is 0.330 e. The topological polar surface area (TPSA) is 296 Å². The Kier molecular flexibility index (Phi) is 15.9. The predicted octanol–water partition coefficient (Wildman–Crippen LogP) is 0.572. The number of nitro groups is 1. The van der Waals surface area contributed by atoms with Gasteiger partial charge in [0.25, 0.3) is 22.4 Å². The van der Waals surface area contributed by atoms with Crippen molar-refractivity contribution < 1.29 is 34.5 Å². The van der Waals surface area contributed by atoms with E-state index in [1.807, 2.05) is 6.26 Å². The van der Waals surface area contributed by atoms with Crippen LogP contribution < -0.4 is 33.7 Å². The number of aromatic amines is 3. The van der Waals surface area contributed by atoms with Gasteiger partial charge in [-0.2, -0.15) is 0 Å². The van der Waals surface area contributed by atoms with Crippen molar-refractivity contribution in [1.82, 2.24) is 28.7 Å². The third-order valence-electron chi connectivity index (χ3n) is 8.08. The maximum absolute atomic E-state index is 12.0. The summed E-state index contributed by atoms with van der Waals surface area (Å²) in [6, 6.07) is 9.75. The highest BCUT2D eigenvalue weighted by Gasteiger charge is 2.31. The van der Waals surface area contributed by atoms with Crippen LogP contribution in [0.1, 0.15) is 18.7 Å². The van der Waals surface area contributed by atoms with Crippen LogP contribution in [0.4, 0.5) is 5.69 Å². The van der Waals surface area contributed by atoms with Crippen molar-refractivity contribution in [3.8, 4) is 0 Å². The number of non-ortho nitro benzene ring substituents is 1. The monoisotopic (exact) mass is 893 g/mol. The summed E-state index contributed by atoms with van der Waals surface area (Å²) >= 11 is 5.60. The number of aromatic nitrogens is 6. The summed E-state index contributed by atoms with van der Waals surface area (Å²) in [7, 11) is 2.64. The zero-order chi connectivity index (χ0) is 42.8. The summed E-state index contributed by atoms with van der Waals surface area (Å²) in [6.07, 6.45) is 7.49. The van der Waals surface area contributed by atoms with E-state index in [1.54, 1.807) is 30.4 Å². The molecule has 314 valence electrons. The molecule has 3 aliphatic rings. The molecular weight excluding hydrogens is 859 g/mol. The first kappa shape index (κ1) is 45.1. The van der Waals surface area contributed by atoms with Crippen LogP contribution in [-0.4, -0.2) is 93.3 Å². The highest BCUT2D eigenvalue weighted by Crippen LogP contribution is 2.45. The zero-order valence-corrected chi connectivity index (χ0v) is 33.7. The number of benzene rings is 1. The summed E-state index contributed by atoms with van der Waals surface area (Å²) in [6.45, 7) is -0.571. The quantitative estimate of drug-likeness (QED) is 0.0469.